The fourth-order valence-corrected chi connectivity index (χ4v) is 5.28. The average molecular weight is 424 g/mol. The average Bonchev–Trinajstić information content (AvgIpc) is 3.37. The van der Waals surface area contributed by atoms with E-state index in [1.165, 1.54) is 16.9 Å². The van der Waals surface area contributed by atoms with Crippen LogP contribution >= 0.6 is 11.3 Å². The van der Waals surface area contributed by atoms with Crippen molar-refractivity contribution in [2.45, 2.75) is 63.8 Å². The molecule has 5 nitrogen and oxygen atoms in total. The molecule has 0 saturated heterocycles. The maximum absolute atomic E-state index is 13.7. The highest BCUT2D eigenvalue weighted by Crippen LogP contribution is 2.43. The van der Waals surface area contributed by atoms with Crippen LogP contribution in [0.4, 0.5) is 0 Å². The SMILES string of the molecule is CN(Cc1nc2ccsc2c(=O)[nH]1)C(=O)C1(c2ccc(C(C)(C)C)cc2)CCCC1. The second kappa shape index (κ2) is 7.65. The van der Waals surface area contributed by atoms with Gasteiger partial charge in [-0.1, -0.05) is 57.9 Å². The van der Waals surface area contributed by atoms with Gasteiger partial charge in [0.1, 0.15) is 10.5 Å². The normalized spacial score (nSPS) is 16.1. The first kappa shape index (κ1) is 20.8. The van der Waals surface area contributed by atoms with Gasteiger partial charge in [-0.3, -0.25) is 9.59 Å². The van der Waals surface area contributed by atoms with E-state index in [1.54, 1.807) is 4.90 Å². The lowest BCUT2D eigenvalue weighted by Crippen LogP contribution is -2.43. The summed E-state index contributed by atoms with van der Waals surface area (Å²) in [6, 6.07) is 10.4. The Morgan fingerprint density at radius 2 is 1.83 bits per heavy atom. The molecule has 0 aliphatic heterocycles. The van der Waals surface area contributed by atoms with Crippen molar-refractivity contribution in [1.29, 1.82) is 0 Å². The molecule has 2 heterocycles. The molecular formula is C24H29N3O2S. The zero-order valence-corrected chi connectivity index (χ0v) is 18.9. The van der Waals surface area contributed by atoms with E-state index in [4.69, 9.17) is 0 Å². The number of hydrogen-bond acceptors (Lipinski definition) is 4. The number of amides is 1. The molecular weight excluding hydrogens is 394 g/mol. The van der Waals surface area contributed by atoms with Crippen LogP contribution in [0.5, 0.6) is 0 Å². The van der Waals surface area contributed by atoms with Crippen molar-refractivity contribution < 1.29 is 4.79 Å². The molecule has 0 atom stereocenters. The van der Waals surface area contributed by atoms with E-state index in [1.807, 2.05) is 18.5 Å². The van der Waals surface area contributed by atoms with Gasteiger partial charge in [-0.2, -0.15) is 0 Å². The molecule has 1 saturated carbocycles. The quantitative estimate of drug-likeness (QED) is 0.658. The number of thiophene rings is 1. The fraction of sp³-hybridized carbons (Fsp3) is 0.458. The number of hydrogen-bond donors (Lipinski definition) is 1. The smallest absolute Gasteiger partial charge is 0.268 e. The maximum Gasteiger partial charge on any atom is 0.268 e. The molecule has 4 rings (SSSR count). The lowest BCUT2D eigenvalue weighted by atomic mass is 9.76. The summed E-state index contributed by atoms with van der Waals surface area (Å²) in [5.74, 6) is 0.634. The van der Waals surface area contributed by atoms with Crippen molar-refractivity contribution in [2.24, 2.45) is 0 Å². The summed E-state index contributed by atoms with van der Waals surface area (Å²) in [6.45, 7) is 6.89. The number of nitrogens with zero attached hydrogens (tertiary/aromatic N) is 2. The highest BCUT2D eigenvalue weighted by atomic mass is 32.1. The third kappa shape index (κ3) is 3.69. The molecule has 3 aromatic rings. The van der Waals surface area contributed by atoms with Crippen LogP contribution in [0.2, 0.25) is 0 Å². The highest BCUT2D eigenvalue weighted by molar-refractivity contribution is 7.17. The maximum atomic E-state index is 13.7. The lowest BCUT2D eigenvalue weighted by molar-refractivity contribution is -0.136. The van der Waals surface area contributed by atoms with Gasteiger partial charge < -0.3 is 9.88 Å². The molecule has 6 heteroatoms. The topological polar surface area (TPSA) is 66.1 Å². The van der Waals surface area contributed by atoms with Crippen LogP contribution in [-0.4, -0.2) is 27.8 Å². The van der Waals surface area contributed by atoms with E-state index >= 15 is 0 Å². The minimum absolute atomic E-state index is 0.0833. The number of aromatic amines is 1. The molecule has 1 amide bonds. The van der Waals surface area contributed by atoms with Crippen LogP contribution in [0.1, 0.15) is 63.4 Å². The van der Waals surface area contributed by atoms with E-state index in [0.29, 0.717) is 22.6 Å². The number of fused-ring (bicyclic) bond motifs is 1. The summed E-state index contributed by atoms with van der Waals surface area (Å²) in [6.07, 6.45) is 3.82. The van der Waals surface area contributed by atoms with Crippen LogP contribution < -0.4 is 5.56 Å². The number of carbonyl (C=O) groups excluding carboxylic acids is 1. The number of H-pyrrole nitrogens is 1. The highest BCUT2D eigenvalue weighted by Gasteiger charge is 2.44. The van der Waals surface area contributed by atoms with Crippen molar-refractivity contribution in [3.05, 3.63) is 63.0 Å². The number of aromatic nitrogens is 2. The summed E-state index contributed by atoms with van der Waals surface area (Å²) in [5, 5.41) is 1.86. The molecule has 0 unspecified atom stereocenters. The molecule has 2 aromatic heterocycles. The first-order valence-corrected chi connectivity index (χ1v) is 11.4. The van der Waals surface area contributed by atoms with E-state index in [9.17, 15) is 9.59 Å². The van der Waals surface area contributed by atoms with Gasteiger partial charge in [-0.15, -0.1) is 11.3 Å². The monoisotopic (exact) mass is 423 g/mol. The molecule has 1 fully saturated rings. The number of carbonyl (C=O) groups is 1. The van der Waals surface area contributed by atoms with Crippen LogP contribution in [0.15, 0.2) is 40.5 Å². The van der Waals surface area contributed by atoms with Crippen molar-refractivity contribution in [3.63, 3.8) is 0 Å². The third-order valence-electron chi connectivity index (χ3n) is 6.27. The molecule has 158 valence electrons. The first-order chi connectivity index (χ1) is 14.2. The van der Waals surface area contributed by atoms with Gasteiger partial charge in [0, 0.05) is 7.05 Å². The number of nitrogens with one attached hydrogen (secondary N) is 1. The summed E-state index contributed by atoms with van der Waals surface area (Å²) in [7, 11) is 1.81. The van der Waals surface area contributed by atoms with Gasteiger partial charge in [-0.05, 0) is 40.8 Å². The van der Waals surface area contributed by atoms with Crippen LogP contribution in [0.3, 0.4) is 0 Å². The van der Waals surface area contributed by atoms with Gasteiger partial charge in [0.25, 0.3) is 5.56 Å². The Labute approximate surface area is 181 Å². The molecule has 0 radical (unpaired) electrons. The van der Waals surface area contributed by atoms with Crippen molar-refractivity contribution in [1.82, 2.24) is 14.9 Å². The van der Waals surface area contributed by atoms with Crippen LogP contribution in [0, 0.1) is 0 Å². The van der Waals surface area contributed by atoms with Gasteiger partial charge in [0.2, 0.25) is 5.91 Å². The molecule has 1 aliphatic carbocycles. The van der Waals surface area contributed by atoms with E-state index in [0.717, 1.165) is 31.2 Å². The Balaban J connectivity index is 1.61. The second-order valence-corrected chi connectivity index (χ2v) is 10.3. The molecule has 0 spiro atoms. The Morgan fingerprint density at radius 1 is 1.17 bits per heavy atom. The van der Waals surface area contributed by atoms with Gasteiger partial charge in [0.05, 0.1) is 17.5 Å². The van der Waals surface area contributed by atoms with Crippen molar-refractivity contribution in [3.8, 4) is 0 Å². The predicted octanol–water partition coefficient (Wildman–Crippen LogP) is 4.75. The van der Waals surface area contributed by atoms with Crippen LogP contribution in [0.25, 0.3) is 10.2 Å². The molecule has 0 bridgehead atoms. The largest absolute Gasteiger partial charge is 0.338 e. The summed E-state index contributed by atoms with van der Waals surface area (Å²) >= 11 is 1.38. The van der Waals surface area contributed by atoms with Gasteiger partial charge in [-0.25, -0.2) is 4.98 Å². The Morgan fingerprint density at radius 3 is 2.47 bits per heavy atom. The zero-order chi connectivity index (χ0) is 21.5. The van der Waals surface area contributed by atoms with Crippen molar-refractivity contribution >= 4 is 27.5 Å². The van der Waals surface area contributed by atoms with Gasteiger partial charge in [0.15, 0.2) is 0 Å². The number of rotatable bonds is 4. The molecule has 30 heavy (non-hydrogen) atoms. The molecule has 1 N–H and O–H groups in total. The Hall–Kier alpha value is -2.47. The standard InChI is InChI=1S/C24H29N3O2S/c1-23(2,3)16-7-9-17(10-8-16)24(12-5-6-13-24)22(29)27(4)15-19-25-18-11-14-30-20(18)21(28)26-19/h7-11,14H,5-6,12-13,15H2,1-4H3,(H,25,26,28). The van der Waals surface area contributed by atoms with E-state index < -0.39 is 5.41 Å². The minimum atomic E-state index is -0.488. The Bertz CT molecular complexity index is 1120. The lowest BCUT2D eigenvalue weighted by Gasteiger charge is -2.33. The second-order valence-electron chi connectivity index (χ2n) is 9.43. The van der Waals surface area contributed by atoms with Gasteiger partial charge >= 0.3 is 0 Å². The number of benzene rings is 1. The summed E-state index contributed by atoms with van der Waals surface area (Å²) < 4.78 is 0.624. The number of likely N-dealkylation sites (N-methyl/N-ethyl adjacent to an activating group) is 1. The van der Waals surface area contributed by atoms with E-state index in [-0.39, 0.29) is 16.9 Å². The van der Waals surface area contributed by atoms with Crippen LogP contribution in [-0.2, 0) is 22.2 Å². The third-order valence-corrected chi connectivity index (χ3v) is 7.17. The molecule has 1 aliphatic rings. The fourth-order valence-electron chi connectivity index (χ4n) is 4.55. The predicted molar refractivity (Wildman–Crippen MR) is 122 cm³/mol. The van der Waals surface area contributed by atoms with Crippen molar-refractivity contribution in [2.75, 3.05) is 7.05 Å². The Kier molecular flexibility index (Phi) is 5.30. The minimum Gasteiger partial charge on any atom is -0.338 e. The summed E-state index contributed by atoms with van der Waals surface area (Å²) in [5.41, 5.74) is 2.51. The van der Waals surface area contributed by atoms with E-state index in [2.05, 4.69) is 55.0 Å². The zero-order valence-electron chi connectivity index (χ0n) is 18.1. The summed E-state index contributed by atoms with van der Waals surface area (Å²) in [4.78, 5) is 35.0. The first-order valence-electron chi connectivity index (χ1n) is 10.5. The molecule has 1 aromatic carbocycles.